The van der Waals surface area contributed by atoms with Crippen molar-refractivity contribution in [2.45, 2.75) is 0 Å². The van der Waals surface area contributed by atoms with Gasteiger partial charge >= 0.3 is 0 Å². The largest absolute Gasteiger partial charge is 0.265 e. The fraction of sp³-hybridized carbons (Fsp3) is 0. The Balaban J connectivity index is 0.000000108. The number of fused-ring (bicyclic) bond motifs is 3. The number of nitrogens with zero attached hydrogens (tertiary/aromatic N) is 9. The van der Waals surface area contributed by atoms with Crippen LogP contribution in [0.4, 0.5) is 0 Å². The van der Waals surface area contributed by atoms with Gasteiger partial charge in [-0.2, -0.15) is 0 Å². The van der Waals surface area contributed by atoms with Crippen molar-refractivity contribution >= 4 is 129 Å². The normalized spacial score (nSPS) is 11.6. The topological polar surface area (TPSA) is 116 Å². The Morgan fingerprint density at radius 1 is 0.113 bits per heavy atom. The van der Waals surface area contributed by atoms with Crippen LogP contribution in [0.1, 0.15) is 0 Å². The zero-order chi connectivity index (χ0) is 99.1. The predicted octanol–water partition coefficient (Wildman–Crippen LogP) is 36.8. The van der Waals surface area contributed by atoms with Crippen molar-refractivity contribution < 1.29 is 0 Å². The molecule has 0 saturated heterocycles. The minimum Gasteiger partial charge on any atom is -0.265 e. The number of pyridine rings is 3. The van der Waals surface area contributed by atoms with Crippen molar-refractivity contribution in [2.24, 2.45) is 0 Å². The Hall–Kier alpha value is -20.1. The summed E-state index contributed by atoms with van der Waals surface area (Å²) >= 11 is 0. The summed E-state index contributed by atoms with van der Waals surface area (Å²) in [4.78, 5) is 44.5. The van der Waals surface area contributed by atoms with Gasteiger partial charge in [-0.15, -0.1) is 0 Å². The SMILES string of the molecule is c1ccc2c(-c3ccc(-c4cc(-c5ccc(-c6ccncc6)cc5)nc(-c5ccc6ccc7cccc8ccc5c6c78)n4)cc3)cccc2c1.c1cncc(-c2ccc(-c3cc(-c4ccc(-c5cccc6ccccc56)cc4)nc(-c4ccc5ccc6cccc7ccc4c5c67)n3)cc2)c1.c1cncc(-c2cccc(-c3cc(-c4ccc(-c5cccc6ccccc56)cc4)nc(-c4ccc5ccc6cccc7ccc4c5c67)n3)c2)c1. The van der Waals surface area contributed by atoms with E-state index in [2.05, 4.69) is 482 Å². The Labute approximate surface area is 865 Å². The minimum absolute atomic E-state index is 0.709. The van der Waals surface area contributed by atoms with Crippen LogP contribution >= 0.6 is 0 Å². The van der Waals surface area contributed by atoms with E-state index in [1.807, 2.05) is 49.1 Å². The van der Waals surface area contributed by atoms with E-state index in [0.29, 0.717) is 17.5 Å². The summed E-state index contributed by atoms with van der Waals surface area (Å²) in [5, 5.41) is 29.7. The summed E-state index contributed by atoms with van der Waals surface area (Å²) in [6, 6.07) is 175. The predicted molar refractivity (Wildman–Crippen MR) is 625 cm³/mol. The highest BCUT2D eigenvalue weighted by molar-refractivity contribution is 6.28. The van der Waals surface area contributed by atoms with E-state index in [1.54, 1.807) is 12.4 Å². The molecule has 9 heteroatoms. The lowest BCUT2D eigenvalue weighted by molar-refractivity contribution is 1.19. The molecule has 0 aliphatic rings. The van der Waals surface area contributed by atoms with Gasteiger partial charge in [-0.05, 0) is 257 Å². The Kier molecular flexibility index (Phi) is 21.8. The summed E-state index contributed by atoms with van der Waals surface area (Å²) in [5.41, 5.74) is 28.5. The first-order valence-electron chi connectivity index (χ1n) is 50.8. The third kappa shape index (κ3) is 16.1. The Bertz CT molecular complexity index is 9970. The first-order valence-corrected chi connectivity index (χ1v) is 50.8. The van der Waals surface area contributed by atoms with Gasteiger partial charge in [0.15, 0.2) is 17.5 Å². The lowest BCUT2D eigenvalue weighted by Crippen LogP contribution is -1.97. The fourth-order valence-corrected chi connectivity index (χ4v) is 22.4. The van der Waals surface area contributed by atoms with Gasteiger partial charge in [-0.3, -0.25) is 15.0 Å². The number of rotatable bonds is 15. The minimum atomic E-state index is 0.709. The van der Waals surface area contributed by atoms with Crippen LogP contribution in [-0.2, 0) is 0 Å². The molecule has 150 heavy (non-hydrogen) atoms. The molecule has 0 bridgehead atoms. The molecule has 0 aliphatic carbocycles. The van der Waals surface area contributed by atoms with E-state index in [9.17, 15) is 0 Å². The van der Waals surface area contributed by atoms with Gasteiger partial charge in [0.1, 0.15) is 0 Å². The molecule has 0 atom stereocenters. The van der Waals surface area contributed by atoms with Crippen molar-refractivity contribution in [3.63, 3.8) is 0 Å². The van der Waals surface area contributed by atoms with Crippen LogP contribution in [0.2, 0.25) is 0 Å². The zero-order valence-corrected chi connectivity index (χ0v) is 81.3. The van der Waals surface area contributed by atoms with Crippen LogP contribution in [0.3, 0.4) is 0 Å². The molecule has 0 fully saturated rings. The van der Waals surface area contributed by atoms with Crippen LogP contribution in [0.15, 0.2) is 529 Å². The van der Waals surface area contributed by atoms with E-state index < -0.39 is 0 Å². The molecule has 30 rings (SSSR count). The molecule has 0 amide bonds. The molecular weight excluding hydrogens is 1820 g/mol. The fourth-order valence-electron chi connectivity index (χ4n) is 22.4. The van der Waals surface area contributed by atoms with Crippen molar-refractivity contribution in [3.05, 3.63) is 529 Å². The van der Waals surface area contributed by atoms with Gasteiger partial charge in [0.05, 0.1) is 34.2 Å². The highest BCUT2D eigenvalue weighted by Crippen LogP contribution is 2.47. The maximum atomic E-state index is 5.29. The van der Waals surface area contributed by atoms with Crippen molar-refractivity contribution in [1.82, 2.24) is 44.9 Å². The van der Waals surface area contributed by atoms with Crippen LogP contribution in [0.25, 0.3) is 298 Å². The Morgan fingerprint density at radius 2 is 0.353 bits per heavy atom. The van der Waals surface area contributed by atoms with Crippen molar-refractivity contribution in [2.75, 3.05) is 0 Å². The monoisotopic (exact) mass is 1910 g/mol. The Morgan fingerprint density at radius 3 is 0.687 bits per heavy atom. The molecule has 696 valence electrons. The van der Waals surface area contributed by atoms with E-state index in [-0.39, 0.29) is 0 Å². The zero-order valence-electron chi connectivity index (χ0n) is 81.3. The smallest absolute Gasteiger partial charge is 0.161 e. The van der Waals surface area contributed by atoms with E-state index in [4.69, 9.17) is 29.9 Å². The second kappa shape index (κ2) is 37.2. The average molecular weight is 1910 g/mol. The molecule has 0 saturated carbocycles. The molecular formula is C141H87N9. The molecule has 30 aromatic rings. The highest BCUT2D eigenvalue weighted by atomic mass is 14.9. The average Bonchev–Trinajstić information content (AvgIpc) is 0.736. The van der Waals surface area contributed by atoms with Gasteiger partial charge in [-0.25, -0.2) is 29.9 Å². The number of hydrogen-bond acceptors (Lipinski definition) is 9. The maximum absolute atomic E-state index is 5.29. The van der Waals surface area contributed by atoms with Crippen molar-refractivity contribution in [3.8, 4) is 168 Å². The summed E-state index contributed by atoms with van der Waals surface area (Å²) in [5.74, 6) is 2.14. The molecule has 24 aromatic carbocycles. The van der Waals surface area contributed by atoms with Gasteiger partial charge < -0.3 is 0 Å². The second-order valence-corrected chi connectivity index (χ2v) is 38.6. The second-order valence-electron chi connectivity index (χ2n) is 38.6. The molecule has 0 spiro atoms. The number of hydrogen-bond donors (Lipinski definition) is 0. The quantitative estimate of drug-likeness (QED) is 0.0925. The maximum Gasteiger partial charge on any atom is 0.161 e. The third-order valence-electron chi connectivity index (χ3n) is 29.9. The standard InChI is InChI=1S/3C47H29N3/c1-2-14-39-30(7-1)8-5-15-40(39)31-16-18-32(19-17-31)43-28-44(37-12-4-11-36(27-37)38-13-6-26-48-29-38)50-47(49-43)42-25-23-35-21-20-33-9-3-10-34-22-24-41(42)46(35)45(33)34;1-2-11-39-31(6-1)7-4-12-40(39)32-15-19-34(20-16-32)44-28-43(33-17-13-30(14-18-33)38-10-5-27-48-29-38)49-47(50-44)42-26-24-37-22-21-35-8-3-9-36-23-25-41(42)46(37)45(35)36;1-2-9-39-32(5-1)6-4-10-40(39)33-13-17-35(18-14-33)44-29-43(34-15-11-30(12-16-34)31-25-27-48-28-26-31)49-47(50-44)42-24-22-38-20-19-36-7-3-8-37-21-23-41(42)46(38)45(36)37/h3*1-29H. The lowest BCUT2D eigenvalue weighted by Gasteiger charge is -2.15. The summed E-state index contributed by atoms with van der Waals surface area (Å²) in [7, 11) is 0. The number of aromatic nitrogens is 9. The molecule has 9 nitrogen and oxygen atoms in total. The van der Waals surface area contributed by atoms with Crippen molar-refractivity contribution in [1.29, 1.82) is 0 Å². The summed E-state index contributed by atoms with van der Waals surface area (Å²) in [6.45, 7) is 0. The molecule has 6 aromatic heterocycles. The van der Waals surface area contributed by atoms with E-state index in [1.165, 1.54) is 146 Å². The highest BCUT2D eigenvalue weighted by Gasteiger charge is 2.24. The van der Waals surface area contributed by atoms with Crippen LogP contribution in [0.5, 0.6) is 0 Å². The summed E-state index contributed by atoms with van der Waals surface area (Å²) in [6.07, 6.45) is 11.1. The van der Waals surface area contributed by atoms with Gasteiger partial charge in [0.2, 0.25) is 0 Å². The third-order valence-corrected chi connectivity index (χ3v) is 29.9. The number of benzene rings is 24. The van der Waals surface area contributed by atoms with Crippen LogP contribution < -0.4 is 0 Å². The van der Waals surface area contributed by atoms with E-state index in [0.717, 1.165) is 134 Å². The molecule has 0 aliphatic heterocycles. The summed E-state index contributed by atoms with van der Waals surface area (Å²) < 4.78 is 0. The van der Waals surface area contributed by atoms with Gasteiger partial charge in [0, 0.05) is 92.8 Å². The van der Waals surface area contributed by atoms with Gasteiger partial charge in [-0.1, -0.05) is 425 Å². The van der Waals surface area contributed by atoms with Crippen LogP contribution in [-0.4, -0.2) is 44.9 Å². The molecule has 0 radical (unpaired) electrons. The van der Waals surface area contributed by atoms with E-state index >= 15 is 0 Å². The first kappa shape index (κ1) is 87.6. The lowest BCUT2D eigenvalue weighted by atomic mass is 9.91. The van der Waals surface area contributed by atoms with Crippen LogP contribution in [0, 0.1) is 0 Å². The molecule has 6 heterocycles. The first-order chi connectivity index (χ1) is 74.3. The molecule has 0 unspecified atom stereocenters. The molecule has 0 N–H and O–H groups in total. The van der Waals surface area contributed by atoms with Gasteiger partial charge in [0.25, 0.3) is 0 Å².